The highest BCUT2D eigenvalue weighted by Crippen LogP contribution is 2.44. The Bertz CT molecular complexity index is 497. The van der Waals surface area contributed by atoms with Gasteiger partial charge in [0.25, 0.3) is 0 Å². The normalized spacial score (nSPS) is 26.6. The topological polar surface area (TPSA) is 92.7 Å². The third-order valence-electron chi connectivity index (χ3n) is 5.17. The van der Waals surface area contributed by atoms with Crippen molar-refractivity contribution in [2.24, 2.45) is 23.7 Å². The number of carbonyl (C=O) groups excluding carboxylic acids is 2. The molecule has 1 rings (SSSR count). The first-order valence-electron chi connectivity index (χ1n) is 9.11. The van der Waals surface area contributed by atoms with Gasteiger partial charge in [-0.1, -0.05) is 27.2 Å². The standard InChI is InChI=1S/C19H33NO5/c1-12(2)14-8-7-13(3)11-15(14)19(9-10-21,16(22)23)20-17(24)25-18(4,5)6/h10,12-15H,7-9,11H2,1-6H3,(H,20,24)(H,22,23)/t13-,14?,15-,19-/m1/s1. The van der Waals surface area contributed by atoms with Crippen LogP contribution in [0.25, 0.3) is 0 Å². The Hall–Kier alpha value is -1.59. The minimum atomic E-state index is -1.63. The lowest BCUT2D eigenvalue weighted by molar-refractivity contribution is -0.152. The number of aliphatic carboxylic acids is 1. The molecule has 1 aliphatic rings. The summed E-state index contributed by atoms with van der Waals surface area (Å²) in [5.41, 5.74) is -2.37. The van der Waals surface area contributed by atoms with Crippen molar-refractivity contribution in [1.82, 2.24) is 5.32 Å². The van der Waals surface area contributed by atoms with E-state index in [4.69, 9.17) is 4.74 Å². The summed E-state index contributed by atoms with van der Waals surface area (Å²) in [7, 11) is 0. The molecule has 0 radical (unpaired) electrons. The summed E-state index contributed by atoms with van der Waals surface area (Å²) in [5, 5.41) is 12.6. The molecule has 0 spiro atoms. The minimum absolute atomic E-state index is 0.127. The fourth-order valence-corrected chi connectivity index (χ4v) is 3.98. The van der Waals surface area contributed by atoms with Crippen molar-refractivity contribution in [3.63, 3.8) is 0 Å². The van der Waals surface area contributed by atoms with Crippen LogP contribution in [-0.4, -0.2) is 34.6 Å². The van der Waals surface area contributed by atoms with Crippen molar-refractivity contribution in [3.8, 4) is 0 Å². The van der Waals surface area contributed by atoms with Crippen LogP contribution in [0.5, 0.6) is 0 Å². The van der Waals surface area contributed by atoms with E-state index in [-0.39, 0.29) is 24.2 Å². The zero-order valence-corrected chi connectivity index (χ0v) is 16.3. The highest BCUT2D eigenvalue weighted by Gasteiger charge is 2.52. The summed E-state index contributed by atoms with van der Waals surface area (Å²) in [6.45, 7) is 11.4. The first-order valence-corrected chi connectivity index (χ1v) is 9.11. The average molecular weight is 355 g/mol. The molecular weight excluding hydrogens is 322 g/mol. The van der Waals surface area contributed by atoms with Crippen LogP contribution >= 0.6 is 0 Å². The second-order valence-corrected chi connectivity index (χ2v) is 8.71. The van der Waals surface area contributed by atoms with Crippen molar-refractivity contribution in [1.29, 1.82) is 0 Å². The van der Waals surface area contributed by atoms with Crippen LogP contribution in [0.2, 0.25) is 0 Å². The molecule has 0 bridgehead atoms. The summed E-state index contributed by atoms with van der Waals surface area (Å²) in [6, 6.07) is 0. The second-order valence-electron chi connectivity index (χ2n) is 8.71. The van der Waals surface area contributed by atoms with Gasteiger partial charge in [-0.3, -0.25) is 0 Å². The van der Waals surface area contributed by atoms with Gasteiger partial charge in [0.2, 0.25) is 0 Å². The fraction of sp³-hybridized carbons (Fsp3) is 0.842. The van der Waals surface area contributed by atoms with Gasteiger partial charge in [0.05, 0.1) is 0 Å². The summed E-state index contributed by atoms with van der Waals surface area (Å²) in [5.74, 6) is -0.738. The number of aldehydes is 1. The Labute approximate surface area is 150 Å². The second kappa shape index (κ2) is 8.19. The molecule has 1 aliphatic carbocycles. The zero-order valence-electron chi connectivity index (χ0n) is 16.3. The molecule has 6 heteroatoms. The molecule has 25 heavy (non-hydrogen) atoms. The van der Waals surface area contributed by atoms with Crippen LogP contribution in [-0.2, 0) is 14.3 Å². The lowest BCUT2D eigenvalue weighted by Gasteiger charge is -2.46. The van der Waals surface area contributed by atoms with Gasteiger partial charge in [0, 0.05) is 6.42 Å². The molecule has 144 valence electrons. The van der Waals surface area contributed by atoms with E-state index in [1.54, 1.807) is 20.8 Å². The number of hydrogen-bond acceptors (Lipinski definition) is 4. The Morgan fingerprint density at radius 2 is 1.88 bits per heavy atom. The van der Waals surface area contributed by atoms with E-state index >= 15 is 0 Å². The van der Waals surface area contributed by atoms with E-state index in [0.717, 1.165) is 12.8 Å². The molecular formula is C19H33NO5. The Morgan fingerprint density at radius 1 is 1.28 bits per heavy atom. The third kappa shape index (κ3) is 5.44. The molecule has 0 heterocycles. The van der Waals surface area contributed by atoms with E-state index in [9.17, 15) is 19.5 Å². The van der Waals surface area contributed by atoms with Gasteiger partial charge in [-0.15, -0.1) is 0 Å². The molecule has 0 aromatic heterocycles. The summed E-state index contributed by atoms with van der Waals surface area (Å²) >= 11 is 0. The number of carboxylic acid groups (broad SMARTS) is 1. The van der Waals surface area contributed by atoms with Crippen LogP contribution in [0.15, 0.2) is 0 Å². The van der Waals surface area contributed by atoms with E-state index in [2.05, 4.69) is 26.1 Å². The van der Waals surface area contributed by atoms with Gasteiger partial charge >= 0.3 is 12.1 Å². The highest BCUT2D eigenvalue weighted by molar-refractivity contribution is 5.87. The van der Waals surface area contributed by atoms with Crippen LogP contribution < -0.4 is 5.32 Å². The van der Waals surface area contributed by atoms with E-state index < -0.39 is 23.2 Å². The van der Waals surface area contributed by atoms with E-state index in [1.807, 2.05) is 0 Å². The average Bonchev–Trinajstić information content (AvgIpc) is 2.43. The molecule has 0 aromatic carbocycles. The van der Waals surface area contributed by atoms with Gasteiger partial charge in [-0.25, -0.2) is 9.59 Å². The van der Waals surface area contributed by atoms with Gasteiger partial charge < -0.3 is 20.0 Å². The molecule has 0 aliphatic heterocycles. The van der Waals surface area contributed by atoms with Crippen molar-refractivity contribution in [2.75, 3.05) is 0 Å². The largest absolute Gasteiger partial charge is 0.479 e. The molecule has 2 N–H and O–H groups in total. The SMILES string of the molecule is CC(C)C1CC[C@@H](C)C[C@H]1[C@@](CC=O)(NC(=O)OC(C)(C)C)C(=O)O. The maximum atomic E-state index is 12.3. The first-order chi connectivity index (χ1) is 11.4. The predicted octanol–water partition coefficient (Wildman–Crippen LogP) is 3.63. The van der Waals surface area contributed by atoms with Crippen LogP contribution in [0.3, 0.4) is 0 Å². The zero-order chi connectivity index (χ0) is 19.4. The third-order valence-corrected chi connectivity index (χ3v) is 5.17. The lowest BCUT2D eigenvalue weighted by Crippen LogP contribution is -2.63. The number of nitrogens with one attached hydrogen (secondary N) is 1. The molecule has 0 aromatic rings. The van der Waals surface area contributed by atoms with Crippen molar-refractivity contribution in [3.05, 3.63) is 0 Å². The summed E-state index contributed by atoms with van der Waals surface area (Å²) < 4.78 is 5.27. The van der Waals surface area contributed by atoms with Crippen molar-refractivity contribution in [2.45, 2.75) is 78.4 Å². The first kappa shape index (κ1) is 21.5. The van der Waals surface area contributed by atoms with Gasteiger partial charge in [-0.05, 0) is 57.3 Å². The van der Waals surface area contributed by atoms with Gasteiger partial charge in [0.15, 0.2) is 5.54 Å². The number of carbonyl (C=O) groups is 3. The number of hydrogen-bond donors (Lipinski definition) is 2. The number of carboxylic acids is 1. The number of alkyl carbamates (subject to hydrolysis) is 1. The van der Waals surface area contributed by atoms with Crippen molar-refractivity contribution < 1.29 is 24.2 Å². The highest BCUT2D eigenvalue weighted by atomic mass is 16.6. The van der Waals surface area contributed by atoms with E-state index in [0.29, 0.717) is 18.6 Å². The Morgan fingerprint density at radius 3 is 2.32 bits per heavy atom. The molecule has 1 saturated carbocycles. The van der Waals surface area contributed by atoms with Crippen molar-refractivity contribution >= 4 is 18.3 Å². The molecule has 6 nitrogen and oxygen atoms in total. The quantitative estimate of drug-likeness (QED) is 0.710. The number of amides is 1. The van der Waals surface area contributed by atoms with E-state index in [1.165, 1.54) is 0 Å². The maximum absolute atomic E-state index is 12.3. The lowest BCUT2D eigenvalue weighted by atomic mass is 9.61. The summed E-state index contributed by atoms with van der Waals surface area (Å²) in [4.78, 5) is 35.9. The molecule has 1 unspecified atom stereocenters. The maximum Gasteiger partial charge on any atom is 0.408 e. The monoisotopic (exact) mass is 355 g/mol. The summed E-state index contributed by atoms with van der Waals surface area (Å²) in [6.07, 6.45) is 2.12. The Balaban J connectivity index is 3.26. The van der Waals surface area contributed by atoms with Gasteiger partial charge in [0.1, 0.15) is 11.9 Å². The molecule has 1 amide bonds. The molecule has 0 saturated heterocycles. The molecule has 4 atom stereocenters. The predicted molar refractivity (Wildman–Crippen MR) is 95.3 cm³/mol. The van der Waals surface area contributed by atoms with Crippen LogP contribution in [0.4, 0.5) is 4.79 Å². The molecule has 1 fully saturated rings. The Kier molecular flexibility index (Phi) is 7.03. The minimum Gasteiger partial charge on any atom is -0.479 e. The number of rotatable bonds is 6. The van der Waals surface area contributed by atoms with Crippen LogP contribution in [0.1, 0.15) is 67.2 Å². The van der Waals surface area contributed by atoms with Crippen LogP contribution in [0, 0.1) is 23.7 Å². The fourth-order valence-electron chi connectivity index (χ4n) is 3.98. The van der Waals surface area contributed by atoms with Gasteiger partial charge in [-0.2, -0.15) is 0 Å². The smallest absolute Gasteiger partial charge is 0.408 e. The number of ether oxygens (including phenoxy) is 1.